The molecule has 3 rings (SSSR count). The molecule has 0 radical (unpaired) electrons. The van der Waals surface area contributed by atoms with Crippen LogP contribution < -0.4 is 0 Å². The van der Waals surface area contributed by atoms with Crippen LogP contribution in [0.3, 0.4) is 0 Å². The molecule has 94 valence electrons. The van der Waals surface area contributed by atoms with Gasteiger partial charge in [-0.2, -0.15) is 12.6 Å². The molecule has 0 saturated heterocycles. The first-order valence-corrected chi connectivity index (χ1v) is 6.86. The molecule has 3 nitrogen and oxygen atoms in total. The van der Waals surface area contributed by atoms with Gasteiger partial charge in [0.2, 0.25) is 0 Å². The first-order chi connectivity index (χ1) is 8.67. The van der Waals surface area contributed by atoms with E-state index in [0.717, 1.165) is 18.6 Å². The zero-order chi connectivity index (χ0) is 12.8. The molecule has 0 bridgehead atoms. The summed E-state index contributed by atoms with van der Waals surface area (Å²) in [7, 11) is 0. The molecule has 2 aliphatic rings. The molecule has 0 atom stereocenters. The normalized spacial score (nSPS) is 20.8. The van der Waals surface area contributed by atoms with Crippen molar-refractivity contribution in [2.24, 2.45) is 5.41 Å². The van der Waals surface area contributed by atoms with E-state index in [4.69, 9.17) is 0 Å². The van der Waals surface area contributed by atoms with E-state index >= 15 is 0 Å². The number of amides is 2. The van der Waals surface area contributed by atoms with Gasteiger partial charge in [0.1, 0.15) is 0 Å². The van der Waals surface area contributed by atoms with E-state index in [1.807, 2.05) is 0 Å². The number of nitrogens with zero attached hydrogens (tertiary/aromatic N) is 1. The second-order valence-corrected chi connectivity index (χ2v) is 5.57. The Morgan fingerprint density at radius 1 is 1.11 bits per heavy atom. The van der Waals surface area contributed by atoms with Gasteiger partial charge in [0.15, 0.2) is 0 Å². The highest BCUT2D eigenvalue weighted by Crippen LogP contribution is 2.43. The number of benzene rings is 1. The summed E-state index contributed by atoms with van der Waals surface area (Å²) in [4.78, 5) is 25.8. The number of hydrogen-bond donors (Lipinski definition) is 1. The SMILES string of the molecule is O=C1c2ccccc2C(=O)N1CC1(CS)CCC1. The third kappa shape index (κ3) is 1.59. The quantitative estimate of drug-likeness (QED) is 0.670. The van der Waals surface area contributed by atoms with Crippen molar-refractivity contribution >= 4 is 24.4 Å². The zero-order valence-corrected chi connectivity index (χ0v) is 11.0. The standard InChI is InChI=1S/C14H15NO2S/c16-12-10-4-1-2-5-11(10)13(17)15(12)8-14(9-18)6-3-7-14/h1-2,4-5,18H,3,6-9H2. The van der Waals surface area contributed by atoms with Gasteiger partial charge >= 0.3 is 0 Å². The van der Waals surface area contributed by atoms with Crippen LogP contribution in [-0.4, -0.2) is 29.0 Å². The van der Waals surface area contributed by atoms with E-state index in [-0.39, 0.29) is 17.2 Å². The number of thiol groups is 1. The van der Waals surface area contributed by atoms with Gasteiger partial charge in [0, 0.05) is 6.54 Å². The maximum Gasteiger partial charge on any atom is 0.261 e. The first kappa shape index (κ1) is 11.8. The van der Waals surface area contributed by atoms with Crippen molar-refractivity contribution < 1.29 is 9.59 Å². The molecule has 2 amide bonds. The number of rotatable bonds is 3. The molecule has 1 aliphatic heterocycles. The van der Waals surface area contributed by atoms with Gasteiger partial charge in [-0.1, -0.05) is 18.6 Å². The van der Waals surface area contributed by atoms with E-state index in [1.54, 1.807) is 24.3 Å². The first-order valence-electron chi connectivity index (χ1n) is 6.23. The lowest BCUT2D eigenvalue weighted by atomic mass is 9.70. The van der Waals surface area contributed by atoms with Gasteiger partial charge in [-0.15, -0.1) is 0 Å². The molecule has 1 aromatic rings. The van der Waals surface area contributed by atoms with Crippen LogP contribution in [0.1, 0.15) is 40.0 Å². The summed E-state index contributed by atoms with van der Waals surface area (Å²) in [6.45, 7) is 0.517. The molecular weight excluding hydrogens is 246 g/mol. The van der Waals surface area contributed by atoms with Crippen LogP contribution in [-0.2, 0) is 0 Å². The number of fused-ring (bicyclic) bond motifs is 1. The molecule has 0 aromatic heterocycles. The highest BCUT2D eigenvalue weighted by Gasteiger charge is 2.43. The Balaban J connectivity index is 1.88. The fourth-order valence-corrected chi connectivity index (χ4v) is 3.18. The fourth-order valence-electron chi connectivity index (χ4n) is 2.76. The van der Waals surface area contributed by atoms with Crippen molar-refractivity contribution in [1.82, 2.24) is 4.90 Å². The Morgan fingerprint density at radius 2 is 1.67 bits per heavy atom. The number of imide groups is 1. The van der Waals surface area contributed by atoms with Crippen LogP contribution in [0.5, 0.6) is 0 Å². The van der Waals surface area contributed by atoms with E-state index < -0.39 is 0 Å². The molecule has 4 heteroatoms. The average molecular weight is 261 g/mol. The van der Waals surface area contributed by atoms with Crippen molar-refractivity contribution in [1.29, 1.82) is 0 Å². The Kier molecular flexibility index (Phi) is 2.70. The molecule has 1 saturated carbocycles. The molecular formula is C14H15NO2S. The maximum atomic E-state index is 12.2. The second kappa shape index (κ2) is 4.12. The van der Waals surface area contributed by atoms with Crippen LogP contribution in [0.15, 0.2) is 24.3 Å². The highest BCUT2D eigenvalue weighted by atomic mass is 32.1. The van der Waals surface area contributed by atoms with E-state index in [2.05, 4.69) is 12.6 Å². The summed E-state index contributed by atoms with van der Waals surface area (Å²) in [5, 5.41) is 0. The fraction of sp³-hybridized carbons (Fsp3) is 0.429. The topological polar surface area (TPSA) is 37.4 Å². The van der Waals surface area contributed by atoms with E-state index in [1.165, 1.54) is 11.3 Å². The minimum atomic E-state index is -0.149. The molecule has 18 heavy (non-hydrogen) atoms. The van der Waals surface area contributed by atoms with Gasteiger partial charge in [-0.05, 0) is 36.1 Å². The van der Waals surface area contributed by atoms with Crippen LogP contribution in [0.2, 0.25) is 0 Å². The van der Waals surface area contributed by atoms with Gasteiger partial charge in [-0.3, -0.25) is 14.5 Å². The summed E-state index contributed by atoms with van der Waals surface area (Å²) < 4.78 is 0. The van der Waals surface area contributed by atoms with Crippen LogP contribution in [0.25, 0.3) is 0 Å². The zero-order valence-electron chi connectivity index (χ0n) is 10.1. The summed E-state index contributed by atoms with van der Waals surface area (Å²) in [6.07, 6.45) is 3.29. The smallest absolute Gasteiger partial charge is 0.261 e. The van der Waals surface area contributed by atoms with Crippen molar-refractivity contribution in [2.45, 2.75) is 19.3 Å². The molecule has 0 spiro atoms. The van der Waals surface area contributed by atoms with Crippen LogP contribution in [0.4, 0.5) is 0 Å². The predicted molar refractivity (Wildman–Crippen MR) is 71.9 cm³/mol. The Labute approximate surface area is 112 Å². The maximum absolute atomic E-state index is 12.2. The number of carbonyl (C=O) groups excluding carboxylic acids is 2. The van der Waals surface area contributed by atoms with Gasteiger partial charge in [0.25, 0.3) is 11.8 Å². The Hall–Kier alpha value is -1.29. The average Bonchev–Trinajstić information content (AvgIpc) is 2.59. The summed E-state index contributed by atoms with van der Waals surface area (Å²) in [5.74, 6) is 0.438. The van der Waals surface area contributed by atoms with Crippen molar-refractivity contribution in [3.05, 3.63) is 35.4 Å². The Bertz CT molecular complexity index is 482. The van der Waals surface area contributed by atoms with Crippen LogP contribution >= 0.6 is 12.6 Å². The third-order valence-corrected chi connectivity index (χ3v) is 4.79. The number of carbonyl (C=O) groups is 2. The Morgan fingerprint density at radius 3 is 2.06 bits per heavy atom. The number of hydrogen-bond acceptors (Lipinski definition) is 3. The van der Waals surface area contributed by atoms with Crippen molar-refractivity contribution in [2.75, 3.05) is 12.3 Å². The van der Waals surface area contributed by atoms with Crippen molar-refractivity contribution in [3.8, 4) is 0 Å². The van der Waals surface area contributed by atoms with E-state index in [0.29, 0.717) is 17.7 Å². The lowest BCUT2D eigenvalue weighted by molar-refractivity contribution is 0.0486. The molecule has 1 fully saturated rings. The lowest BCUT2D eigenvalue weighted by Crippen LogP contribution is -2.45. The third-order valence-electron chi connectivity index (χ3n) is 4.12. The van der Waals surface area contributed by atoms with Gasteiger partial charge in [-0.25, -0.2) is 0 Å². The minimum absolute atomic E-state index is 0.0521. The predicted octanol–water partition coefficient (Wildman–Crippen LogP) is 2.38. The van der Waals surface area contributed by atoms with Gasteiger partial charge in [0.05, 0.1) is 11.1 Å². The summed E-state index contributed by atoms with van der Waals surface area (Å²) in [5.41, 5.74) is 1.13. The molecule has 1 aromatic carbocycles. The monoisotopic (exact) mass is 261 g/mol. The van der Waals surface area contributed by atoms with Gasteiger partial charge < -0.3 is 0 Å². The molecule has 0 unspecified atom stereocenters. The largest absolute Gasteiger partial charge is 0.274 e. The van der Waals surface area contributed by atoms with E-state index in [9.17, 15) is 9.59 Å². The molecule has 1 heterocycles. The highest BCUT2D eigenvalue weighted by molar-refractivity contribution is 7.80. The summed E-state index contributed by atoms with van der Waals surface area (Å²) >= 11 is 4.38. The lowest BCUT2D eigenvalue weighted by Gasteiger charge is -2.42. The van der Waals surface area contributed by atoms with Crippen LogP contribution in [0, 0.1) is 5.41 Å². The minimum Gasteiger partial charge on any atom is -0.274 e. The molecule has 0 N–H and O–H groups in total. The summed E-state index contributed by atoms with van der Waals surface area (Å²) in [6, 6.07) is 7.05. The van der Waals surface area contributed by atoms with Crippen molar-refractivity contribution in [3.63, 3.8) is 0 Å². The molecule has 1 aliphatic carbocycles. The second-order valence-electron chi connectivity index (χ2n) is 5.25.